The summed E-state index contributed by atoms with van der Waals surface area (Å²) < 4.78 is 5.67. The number of hydrogen-bond acceptors (Lipinski definition) is 5. The van der Waals surface area contributed by atoms with E-state index in [1.165, 1.54) is 17.7 Å². The normalized spacial score (nSPS) is 22.6. The summed E-state index contributed by atoms with van der Waals surface area (Å²) >= 11 is 0. The van der Waals surface area contributed by atoms with Crippen molar-refractivity contribution < 1.29 is 14.0 Å². The van der Waals surface area contributed by atoms with Crippen molar-refractivity contribution in [3.63, 3.8) is 0 Å². The second kappa shape index (κ2) is 12.4. The monoisotopic (exact) mass is 560 g/mol. The minimum atomic E-state index is -0.780. The Balaban J connectivity index is 0.00000363. The molecule has 0 aromatic carbocycles. The van der Waals surface area contributed by atoms with Gasteiger partial charge in [-0.1, -0.05) is 6.92 Å². The molecule has 2 aliphatic heterocycles. The van der Waals surface area contributed by atoms with E-state index in [1.54, 1.807) is 13.2 Å². The van der Waals surface area contributed by atoms with Crippen LogP contribution in [0.2, 0.25) is 0 Å². The number of nitrogens with zero attached hydrogens (tertiary/aromatic N) is 3. The Hall–Kier alpha value is -1.82. The van der Waals surface area contributed by atoms with Crippen LogP contribution in [0.5, 0.6) is 0 Å². The van der Waals surface area contributed by atoms with Crippen LogP contribution < -0.4 is 16.0 Å². The standard InChI is InChI=1S/C22H36N6O3.HI/c1-4-22(3)19(29)28(21(30)26-22)14-9-11-24-20(23-5-2)25-16-17(18-10-8-15-31-18)27-12-6-7-13-27;/h8,10,15,17H,4-7,9,11-14,16H2,1-3H3,(H,26,30)(H2,23,24,25);1H. The van der Waals surface area contributed by atoms with Crippen LogP contribution in [0.1, 0.15) is 58.3 Å². The number of nitrogens with one attached hydrogen (secondary N) is 3. The zero-order valence-corrected chi connectivity index (χ0v) is 21.7. The lowest BCUT2D eigenvalue weighted by Crippen LogP contribution is -2.43. The van der Waals surface area contributed by atoms with Gasteiger partial charge in [0.25, 0.3) is 5.91 Å². The number of rotatable bonds is 10. The van der Waals surface area contributed by atoms with E-state index in [4.69, 9.17) is 9.41 Å². The second-order valence-corrected chi connectivity index (χ2v) is 8.35. The van der Waals surface area contributed by atoms with Gasteiger partial charge in [-0.15, -0.1) is 24.0 Å². The number of hydrogen-bond donors (Lipinski definition) is 3. The first-order valence-electron chi connectivity index (χ1n) is 11.4. The van der Waals surface area contributed by atoms with E-state index in [9.17, 15) is 9.59 Å². The van der Waals surface area contributed by atoms with Gasteiger partial charge in [-0.25, -0.2) is 4.79 Å². The fourth-order valence-corrected chi connectivity index (χ4v) is 4.07. The molecule has 1 aromatic rings. The Morgan fingerprint density at radius 1 is 1.28 bits per heavy atom. The average Bonchev–Trinajstić information content (AvgIpc) is 3.51. The van der Waals surface area contributed by atoms with Crippen molar-refractivity contribution >= 4 is 41.9 Å². The second-order valence-electron chi connectivity index (χ2n) is 8.35. The molecular formula is C22H37IN6O3. The van der Waals surface area contributed by atoms with Crippen LogP contribution in [0, 0.1) is 0 Å². The third kappa shape index (κ3) is 6.37. The zero-order chi connectivity index (χ0) is 22.3. The van der Waals surface area contributed by atoms with Crippen molar-refractivity contribution in [2.45, 2.75) is 58.0 Å². The zero-order valence-electron chi connectivity index (χ0n) is 19.4. The van der Waals surface area contributed by atoms with E-state index < -0.39 is 5.54 Å². The Bertz CT molecular complexity index is 766. The van der Waals surface area contributed by atoms with Gasteiger partial charge in [-0.05, 0) is 64.8 Å². The van der Waals surface area contributed by atoms with Crippen LogP contribution in [0.25, 0.3) is 0 Å². The van der Waals surface area contributed by atoms with Gasteiger partial charge in [0.05, 0.1) is 18.8 Å². The Kier molecular flexibility index (Phi) is 10.3. The first kappa shape index (κ1) is 26.4. The third-order valence-electron chi connectivity index (χ3n) is 6.12. The molecule has 2 aliphatic rings. The largest absolute Gasteiger partial charge is 0.468 e. The van der Waals surface area contributed by atoms with E-state index in [-0.39, 0.29) is 42.0 Å². The molecule has 3 amide bonds. The van der Waals surface area contributed by atoms with Crippen LogP contribution in [0.4, 0.5) is 4.79 Å². The quantitative estimate of drug-likeness (QED) is 0.134. The van der Waals surface area contributed by atoms with Crippen molar-refractivity contribution in [2.75, 3.05) is 39.3 Å². The van der Waals surface area contributed by atoms with Gasteiger partial charge in [0.15, 0.2) is 5.96 Å². The summed E-state index contributed by atoms with van der Waals surface area (Å²) in [7, 11) is 0. The average molecular weight is 560 g/mol. The Morgan fingerprint density at radius 3 is 2.62 bits per heavy atom. The van der Waals surface area contributed by atoms with E-state index in [2.05, 4.69) is 20.9 Å². The molecule has 0 bridgehead atoms. The molecule has 3 rings (SSSR count). The highest BCUT2D eigenvalue weighted by Crippen LogP contribution is 2.25. The predicted octanol–water partition coefficient (Wildman–Crippen LogP) is 2.70. The minimum absolute atomic E-state index is 0. The van der Waals surface area contributed by atoms with Gasteiger partial charge in [0, 0.05) is 19.6 Å². The number of furan rings is 1. The summed E-state index contributed by atoms with van der Waals surface area (Å²) in [6, 6.07) is 3.76. The van der Waals surface area contributed by atoms with Crippen LogP contribution in [0.3, 0.4) is 0 Å². The van der Waals surface area contributed by atoms with Crippen molar-refractivity contribution in [1.82, 2.24) is 25.8 Å². The fourth-order valence-electron chi connectivity index (χ4n) is 4.07. The van der Waals surface area contributed by atoms with E-state index in [1.807, 2.05) is 26.0 Å². The molecule has 180 valence electrons. The maximum Gasteiger partial charge on any atom is 0.325 e. The molecule has 2 unspecified atom stereocenters. The van der Waals surface area contributed by atoms with Crippen molar-refractivity contribution in [3.8, 4) is 0 Å². The number of likely N-dealkylation sites (tertiary alicyclic amines) is 1. The highest BCUT2D eigenvalue weighted by Gasteiger charge is 2.45. The summed E-state index contributed by atoms with van der Waals surface area (Å²) in [4.78, 5) is 33.1. The molecule has 3 N–H and O–H groups in total. The number of carbonyl (C=O) groups excluding carboxylic acids is 2. The Labute approximate surface area is 207 Å². The maximum atomic E-state index is 12.5. The topological polar surface area (TPSA) is 102 Å². The number of imide groups is 1. The lowest BCUT2D eigenvalue weighted by atomic mass is 9.99. The van der Waals surface area contributed by atoms with E-state index >= 15 is 0 Å². The molecule has 9 nitrogen and oxygen atoms in total. The molecular weight excluding hydrogens is 523 g/mol. The molecule has 0 radical (unpaired) electrons. The van der Waals surface area contributed by atoms with Gasteiger partial charge in [-0.3, -0.25) is 19.6 Å². The maximum absolute atomic E-state index is 12.5. The number of carbonyl (C=O) groups is 2. The highest BCUT2D eigenvalue weighted by molar-refractivity contribution is 14.0. The van der Waals surface area contributed by atoms with Gasteiger partial charge in [0.2, 0.25) is 0 Å². The summed E-state index contributed by atoms with van der Waals surface area (Å²) in [5.74, 6) is 1.53. The van der Waals surface area contributed by atoms with Gasteiger partial charge >= 0.3 is 6.03 Å². The molecule has 2 atom stereocenters. The molecule has 32 heavy (non-hydrogen) atoms. The highest BCUT2D eigenvalue weighted by atomic mass is 127. The summed E-state index contributed by atoms with van der Waals surface area (Å²) in [6.45, 7) is 10.2. The van der Waals surface area contributed by atoms with Crippen LogP contribution in [0.15, 0.2) is 27.8 Å². The third-order valence-corrected chi connectivity index (χ3v) is 6.12. The van der Waals surface area contributed by atoms with Gasteiger partial charge in [0.1, 0.15) is 11.3 Å². The van der Waals surface area contributed by atoms with Crippen molar-refractivity contribution in [1.29, 1.82) is 0 Å². The first-order valence-corrected chi connectivity index (χ1v) is 11.4. The minimum Gasteiger partial charge on any atom is -0.468 e. The molecule has 3 heterocycles. The molecule has 1 aromatic heterocycles. The predicted molar refractivity (Wildman–Crippen MR) is 135 cm³/mol. The summed E-state index contributed by atoms with van der Waals surface area (Å²) in [5.41, 5.74) is -0.780. The number of urea groups is 1. The molecule has 2 saturated heterocycles. The van der Waals surface area contributed by atoms with Crippen molar-refractivity contribution in [3.05, 3.63) is 24.2 Å². The van der Waals surface area contributed by atoms with Crippen LogP contribution in [-0.4, -0.2) is 72.5 Å². The summed E-state index contributed by atoms with van der Waals surface area (Å²) in [6.07, 6.45) is 5.36. The molecule has 2 fully saturated rings. The van der Waals surface area contributed by atoms with Crippen LogP contribution in [-0.2, 0) is 4.79 Å². The number of aliphatic imine (C=N–C) groups is 1. The lowest BCUT2D eigenvalue weighted by Gasteiger charge is -2.24. The van der Waals surface area contributed by atoms with Gasteiger partial charge < -0.3 is 20.4 Å². The fraction of sp³-hybridized carbons (Fsp3) is 0.682. The van der Waals surface area contributed by atoms with Gasteiger partial charge in [-0.2, -0.15) is 0 Å². The molecule has 0 aliphatic carbocycles. The molecule has 0 spiro atoms. The molecule has 10 heteroatoms. The first-order chi connectivity index (χ1) is 15.0. The van der Waals surface area contributed by atoms with Crippen molar-refractivity contribution in [2.24, 2.45) is 4.99 Å². The Morgan fingerprint density at radius 2 is 2.03 bits per heavy atom. The SMILES string of the molecule is CCNC(=NCC(c1ccco1)N1CCCC1)NCCCN1C(=O)NC(C)(CC)C1=O.I. The van der Waals surface area contributed by atoms with E-state index in [0.29, 0.717) is 32.5 Å². The summed E-state index contributed by atoms with van der Waals surface area (Å²) in [5, 5.41) is 9.38. The van der Waals surface area contributed by atoms with E-state index in [0.717, 1.165) is 31.4 Å². The number of halogens is 1. The number of amides is 3. The number of guanidine groups is 1. The smallest absolute Gasteiger partial charge is 0.325 e. The lowest BCUT2D eigenvalue weighted by molar-refractivity contribution is -0.130. The van der Waals surface area contributed by atoms with Crippen LogP contribution >= 0.6 is 24.0 Å². The molecule has 0 saturated carbocycles.